The van der Waals surface area contributed by atoms with Crippen molar-refractivity contribution in [3.8, 4) is 0 Å². The highest BCUT2D eigenvalue weighted by atomic mass is 16.2. The van der Waals surface area contributed by atoms with Gasteiger partial charge in [0, 0.05) is 23.6 Å². The van der Waals surface area contributed by atoms with E-state index in [0.717, 1.165) is 11.1 Å². The summed E-state index contributed by atoms with van der Waals surface area (Å²) in [5, 5.41) is 0. The highest BCUT2D eigenvalue weighted by molar-refractivity contribution is 5.98. The normalized spacial score (nSPS) is 20.8. The molecule has 0 fully saturated rings. The summed E-state index contributed by atoms with van der Waals surface area (Å²) >= 11 is 0. The fraction of sp³-hybridized carbons (Fsp3) is 0.435. The summed E-state index contributed by atoms with van der Waals surface area (Å²) in [6, 6.07) is 17.2. The maximum Gasteiger partial charge on any atom is 0.254 e. The third kappa shape index (κ3) is 2.99. The molecule has 0 bridgehead atoms. The standard InChI is InChI=1S/C23H29NO/c1-16(2)24-15-23(6,17-10-8-7-9-11-17)20-14-18(22(3,4)5)12-13-19(20)21(24)25/h7-14,16H,15H2,1-6H3. The lowest BCUT2D eigenvalue weighted by atomic mass is 9.69. The average Bonchev–Trinajstić information content (AvgIpc) is 2.57. The number of hydrogen-bond acceptors (Lipinski definition) is 1. The number of amides is 1. The van der Waals surface area contributed by atoms with Crippen molar-refractivity contribution in [3.05, 3.63) is 70.8 Å². The first-order valence-electron chi connectivity index (χ1n) is 9.16. The minimum Gasteiger partial charge on any atom is -0.335 e. The van der Waals surface area contributed by atoms with E-state index < -0.39 is 0 Å². The Morgan fingerprint density at radius 1 is 1.04 bits per heavy atom. The Morgan fingerprint density at radius 3 is 2.24 bits per heavy atom. The second-order valence-corrected chi connectivity index (χ2v) is 8.74. The molecule has 2 aromatic carbocycles. The van der Waals surface area contributed by atoms with Gasteiger partial charge in [0.2, 0.25) is 0 Å². The van der Waals surface area contributed by atoms with Gasteiger partial charge in [0.1, 0.15) is 0 Å². The quantitative estimate of drug-likeness (QED) is 0.743. The van der Waals surface area contributed by atoms with Gasteiger partial charge in [-0.05, 0) is 48.9 Å². The van der Waals surface area contributed by atoms with Crippen LogP contribution in [0.2, 0.25) is 0 Å². The van der Waals surface area contributed by atoms with E-state index in [0.29, 0.717) is 6.54 Å². The van der Waals surface area contributed by atoms with Gasteiger partial charge in [-0.2, -0.15) is 0 Å². The van der Waals surface area contributed by atoms with Gasteiger partial charge >= 0.3 is 0 Å². The highest BCUT2D eigenvalue weighted by Crippen LogP contribution is 2.41. The van der Waals surface area contributed by atoms with Crippen molar-refractivity contribution in [3.63, 3.8) is 0 Å². The van der Waals surface area contributed by atoms with Crippen LogP contribution >= 0.6 is 0 Å². The maximum atomic E-state index is 13.1. The van der Waals surface area contributed by atoms with Crippen LogP contribution < -0.4 is 0 Å². The molecule has 0 N–H and O–H groups in total. The molecule has 0 spiro atoms. The van der Waals surface area contributed by atoms with Gasteiger partial charge in [-0.1, -0.05) is 63.2 Å². The van der Waals surface area contributed by atoms with Crippen LogP contribution in [0.15, 0.2) is 48.5 Å². The molecule has 2 aromatic rings. The summed E-state index contributed by atoms with van der Waals surface area (Å²) in [5.41, 5.74) is 4.41. The largest absolute Gasteiger partial charge is 0.335 e. The molecule has 2 heteroatoms. The third-order valence-corrected chi connectivity index (χ3v) is 5.49. The van der Waals surface area contributed by atoms with Crippen LogP contribution in [0.1, 0.15) is 68.6 Å². The Kier molecular flexibility index (Phi) is 4.26. The molecule has 25 heavy (non-hydrogen) atoms. The lowest BCUT2D eigenvalue weighted by molar-refractivity contribution is 0.0638. The van der Waals surface area contributed by atoms with Gasteiger partial charge in [0.25, 0.3) is 5.91 Å². The lowest BCUT2D eigenvalue weighted by Gasteiger charge is -2.44. The smallest absolute Gasteiger partial charge is 0.254 e. The summed E-state index contributed by atoms with van der Waals surface area (Å²) in [6.07, 6.45) is 0. The van der Waals surface area contributed by atoms with Crippen molar-refractivity contribution in [2.45, 2.75) is 58.4 Å². The molecule has 2 nitrogen and oxygen atoms in total. The Hall–Kier alpha value is -2.09. The number of carbonyl (C=O) groups is 1. The third-order valence-electron chi connectivity index (χ3n) is 5.49. The number of carbonyl (C=O) groups excluding carboxylic acids is 1. The molecule has 1 aliphatic heterocycles. The van der Waals surface area contributed by atoms with Crippen LogP contribution in [0.25, 0.3) is 0 Å². The van der Waals surface area contributed by atoms with Gasteiger partial charge in [0.05, 0.1) is 0 Å². The Labute approximate surface area is 151 Å². The maximum absolute atomic E-state index is 13.1. The van der Waals surface area contributed by atoms with Crippen LogP contribution in [-0.2, 0) is 10.8 Å². The second-order valence-electron chi connectivity index (χ2n) is 8.74. The van der Waals surface area contributed by atoms with Crippen LogP contribution in [0.5, 0.6) is 0 Å². The van der Waals surface area contributed by atoms with Gasteiger partial charge in [0.15, 0.2) is 0 Å². The molecule has 0 saturated heterocycles. The fourth-order valence-corrected chi connectivity index (χ4v) is 3.78. The molecule has 0 radical (unpaired) electrons. The summed E-state index contributed by atoms with van der Waals surface area (Å²) < 4.78 is 0. The van der Waals surface area contributed by atoms with Crippen LogP contribution in [0, 0.1) is 0 Å². The summed E-state index contributed by atoms with van der Waals surface area (Å²) in [7, 11) is 0. The average molecular weight is 335 g/mol. The zero-order valence-electron chi connectivity index (χ0n) is 16.3. The molecule has 0 aliphatic carbocycles. The molecule has 3 rings (SSSR count). The molecule has 1 unspecified atom stereocenters. The Balaban J connectivity index is 2.26. The minimum atomic E-state index is -0.198. The van der Waals surface area contributed by atoms with E-state index >= 15 is 0 Å². The van der Waals surface area contributed by atoms with Crippen LogP contribution in [-0.4, -0.2) is 23.4 Å². The molecule has 1 aliphatic rings. The van der Waals surface area contributed by atoms with E-state index in [1.165, 1.54) is 11.1 Å². The molecule has 132 valence electrons. The van der Waals surface area contributed by atoms with Crippen molar-refractivity contribution < 1.29 is 4.79 Å². The number of rotatable bonds is 2. The summed E-state index contributed by atoms with van der Waals surface area (Å²) in [4.78, 5) is 15.1. The number of nitrogens with zero attached hydrogens (tertiary/aromatic N) is 1. The molecule has 0 saturated carbocycles. The molecule has 1 amide bonds. The van der Waals surface area contributed by atoms with Crippen molar-refractivity contribution in [1.29, 1.82) is 0 Å². The molecule has 0 aromatic heterocycles. The predicted molar refractivity (Wildman–Crippen MR) is 104 cm³/mol. The first-order valence-corrected chi connectivity index (χ1v) is 9.16. The van der Waals surface area contributed by atoms with Gasteiger partial charge in [-0.3, -0.25) is 4.79 Å². The molecular formula is C23H29NO. The monoisotopic (exact) mass is 335 g/mol. The van der Waals surface area contributed by atoms with Gasteiger partial charge in [-0.15, -0.1) is 0 Å². The molecule has 1 heterocycles. The summed E-state index contributed by atoms with van der Waals surface area (Å²) in [6.45, 7) is 13.8. The van der Waals surface area contributed by atoms with Crippen molar-refractivity contribution in [2.75, 3.05) is 6.54 Å². The van der Waals surface area contributed by atoms with Crippen LogP contribution in [0.3, 0.4) is 0 Å². The number of benzene rings is 2. The fourth-order valence-electron chi connectivity index (χ4n) is 3.78. The van der Waals surface area contributed by atoms with Crippen molar-refractivity contribution in [1.82, 2.24) is 4.90 Å². The first-order chi connectivity index (χ1) is 11.6. The lowest BCUT2D eigenvalue weighted by Crippen LogP contribution is -2.51. The van der Waals surface area contributed by atoms with E-state index in [2.05, 4.69) is 77.9 Å². The molecule has 1 atom stereocenters. The second kappa shape index (κ2) is 6.01. The van der Waals surface area contributed by atoms with Crippen molar-refractivity contribution >= 4 is 5.91 Å². The van der Waals surface area contributed by atoms with Crippen LogP contribution in [0.4, 0.5) is 0 Å². The van der Waals surface area contributed by atoms with Crippen molar-refractivity contribution in [2.24, 2.45) is 0 Å². The van der Waals surface area contributed by atoms with Gasteiger partial charge in [-0.25, -0.2) is 0 Å². The SMILES string of the molecule is CC(C)N1CC(C)(c2ccccc2)c2cc(C(C)(C)C)ccc2C1=O. The Bertz CT molecular complexity index is 785. The van der Waals surface area contributed by atoms with E-state index in [-0.39, 0.29) is 22.8 Å². The molecular weight excluding hydrogens is 306 g/mol. The van der Waals surface area contributed by atoms with Gasteiger partial charge < -0.3 is 4.90 Å². The minimum absolute atomic E-state index is 0.0604. The number of fused-ring (bicyclic) bond motifs is 1. The van der Waals surface area contributed by atoms with E-state index in [1.807, 2.05) is 17.0 Å². The summed E-state index contributed by atoms with van der Waals surface area (Å²) in [5.74, 6) is 0.152. The zero-order chi connectivity index (χ0) is 18.4. The zero-order valence-corrected chi connectivity index (χ0v) is 16.3. The first kappa shape index (κ1) is 17.7. The Morgan fingerprint density at radius 2 is 1.68 bits per heavy atom. The highest BCUT2D eigenvalue weighted by Gasteiger charge is 2.42. The topological polar surface area (TPSA) is 20.3 Å². The van der Waals surface area contributed by atoms with E-state index in [9.17, 15) is 4.79 Å². The predicted octanol–water partition coefficient (Wildman–Crippen LogP) is 5.15. The van der Waals surface area contributed by atoms with E-state index in [4.69, 9.17) is 0 Å². The van der Waals surface area contributed by atoms with E-state index in [1.54, 1.807) is 0 Å². The number of hydrogen-bond donors (Lipinski definition) is 0.